The number of carbonyl (C=O) groups excluding carboxylic acids is 4. The van der Waals surface area contributed by atoms with E-state index in [1.165, 1.54) is 0 Å². The van der Waals surface area contributed by atoms with Gasteiger partial charge in [-0.1, -0.05) is 64.2 Å². The molecular formula is C29H45N5O5. The Balaban J connectivity index is 1.57. The Kier molecular flexibility index (Phi) is 10.7. The summed E-state index contributed by atoms with van der Waals surface area (Å²) in [5.41, 5.74) is 1.29. The number of hydrogen-bond acceptors (Lipinski definition) is 5. The molecular weight excluding hydrogens is 498 g/mol. The van der Waals surface area contributed by atoms with Crippen molar-refractivity contribution in [3.05, 3.63) is 29.8 Å². The number of aryl methyl sites for hydroxylation is 1. The lowest BCUT2D eigenvalue weighted by atomic mass is 9.84. The van der Waals surface area contributed by atoms with Gasteiger partial charge in [-0.3, -0.25) is 19.6 Å². The second-order valence-electron chi connectivity index (χ2n) is 12.2. The van der Waals surface area contributed by atoms with Crippen LogP contribution < -0.4 is 16.0 Å². The molecule has 1 aliphatic heterocycles. The normalized spacial score (nSPS) is 18.2. The van der Waals surface area contributed by atoms with Crippen molar-refractivity contribution >= 4 is 29.9 Å². The quantitative estimate of drug-likeness (QED) is 0.203. The van der Waals surface area contributed by atoms with Gasteiger partial charge in [-0.15, -0.1) is 0 Å². The Hall–Kier alpha value is -3.14. The van der Waals surface area contributed by atoms with Crippen molar-refractivity contribution in [3.8, 4) is 0 Å². The number of rotatable bonds is 10. The molecule has 0 radical (unpaired) electrons. The third-order valence-corrected chi connectivity index (χ3v) is 7.84. The van der Waals surface area contributed by atoms with Gasteiger partial charge in [0, 0.05) is 24.8 Å². The Labute approximate surface area is 231 Å². The molecule has 0 spiro atoms. The standard InChI is InChI=1S/C29H45N5O5/c1-20-9-11-23(12-10-20)30-28(38)31-24-13-15-33(16-14-24)27(37)25(29(2,3)4)32-26(36)22(18-34(39)19-35)17-21-7-5-6-8-21/h9-12,19,21-22,24-25,39H,5-8,13-18H2,1-4H3,(H,32,36)(H2,30,31,38)/t22-,25-/m0/s1. The van der Waals surface area contributed by atoms with Gasteiger partial charge in [0.2, 0.25) is 18.2 Å². The fraction of sp³-hybridized carbons (Fsp3) is 0.655. The zero-order valence-corrected chi connectivity index (χ0v) is 23.7. The predicted molar refractivity (Wildman–Crippen MR) is 149 cm³/mol. The fourth-order valence-electron chi connectivity index (χ4n) is 5.51. The van der Waals surface area contributed by atoms with Crippen LogP contribution in [0.2, 0.25) is 0 Å². The van der Waals surface area contributed by atoms with Crippen LogP contribution in [0.25, 0.3) is 0 Å². The molecule has 216 valence electrons. The summed E-state index contributed by atoms with van der Waals surface area (Å²) in [5.74, 6) is -0.697. The van der Waals surface area contributed by atoms with Crippen LogP contribution in [0.15, 0.2) is 24.3 Å². The van der Waals surface area contributed by atoms with Crippen molar-refractivity contribution in [2.75, 3.05) is 25.0 Å². The molecule has 1 saturated carbocycles. The maximum atomic E-state index is 13.6. The number of benzene rings is 1. The van der Waals surface area contributed by atoms with E-state index in [0.29, 0.717) is 49.7 Å². The van der Waals surface area contributed by atoms with Crippen molar-refractivity contribution < 1.29 is 24.4 Å². The van der Waals surface area contributed by atoms with Gasteiger partial charge in [0.05, 0.1) is 12.5 Å². The van der Waals surface area contributed by atoms with Gasteiger partial charge >= 0.3 is 6.03 Å². The first kappa shape index (κ1) is 30.4. The summed E-state index contributed by atoms with van der Waals surface area (Å²) in [5, 5.41) is 19.1. The Morgan fingerprint density at radius 2 is 1.69 bits per heavy atom. The number of hydroxylamine groups is 2. The molecule has 1 heterocycles. The number of piperidine rings is 1. The number of nitrogens with zero attached hydrogens (tertiary/aromatic N) is 2. The number of anilines is 1. The lowest BCUT2D eigenvalue weighted by molar-refractivity contribution is -0.156. The van der Waals surface area contributed by atoms with Crippen molar-refractivity contribution in [1.82, 2.24) is 20.6 Å². The molecule has 0 bridgehead atoms. The Morgan fingerprint density at radius 1 is 1.08 bits per heavy atom. The van der Waals surface area contributed by atoms with Gasteiger partial charge in [-0.25, -0.2) is 9.86 Å². The lowest BCUT2D eigenvalue weighted by Crippen LogP contribution is -2.58. The van der Waals surface area contributed by atoms with Crippen LogP contribution in [-0.4, -0.2) is 71.1 Å². The van der Waals surface area contributed by atoms with Crippen LogP contribution in [0, 0.1) is 24.2 Å². The summed E-state index contributed by atoms with van der Waals surface area (Å²) in [4.78, 5) is 52.2. The molecule has 39 heavy (non-hydrogen) atoms. The molecule has 0 unspecified atom stereocenters. The monoisotopic (exact) mass is 543 g/mol. The van der Waals surface area contributed by atoms with E-state index in [2.05, 4.69) is 16.0 Å². The van der Waals surface area contributed by atoms with E-state index in [-0.39, 0.29) is 30.4 Å². The third-order valence-electron chi connectivity index (χ3n) is 7.84. The summed E-state index contributed by atoms with van der Waals surface area (Å²) < 4.78 is 0. The molecule has 1 aromatic carbocycles. The highest BCUT2D eigenvalue weighted by Gasteiger charge is 2.39. The molecule has 4 N–H and O–H groups in total. The Bertz CT molecular complexity index is 979. The van der Waals surface area contributed by atoms with E-state index in [9.17, 15) is 24.4 Å². The first-order valence-corrected chi connectivity index (χ1v) is 14.1. The zero-order chi connectivity index (χ0) is 28.6. The average molecular weight is 544 g/mol. The summed E-state index contributed by atoms with van der Waals surface area (Å²) in [6.45, 7) is 8.56. The maximum absolute atomic E-state index is 13.6. The Morgan fingerprint density at radius 3 is 2.26 bits per heavy atom. The minimum absolute atomic E-state index is 0.0585. The summed E-state index contributed by atoms with van der Waals surface area (Å²) in [6, 6.07) is 6.49. The van der Waals surface area contributed by atoms with Gasteiger partial charge in [0.1, 0.15) is 6.04 Å². The first-order chi connectivity index (χ1) is 18.5. The van der Waals surface area contributed by atoms with Crippen molar-refractivity contribution in [2.24, 2.45) is 17.3 Å². The molecule has 2 fully saturated rings. The van der Waals surface area contributed by atoms with Crippen molar-refractivity contribution in [1.29, 1.82) is 0 Å². The van der Waals surface area contributed by atoms with Crippen LogP contribution in [0.1, 0.15) is 71.3 Å². The highest BCUT2D eigenvalue weighted by molar-refractivity contribution is 5.90. The number of likely N-dealkylation sites (tertiary alicyclic amines) is 1. The predicted octanol–water partition coefficient (Wildman–Crippen LogP) is 3.68. The minimum Gasteiger partial charge on any atom is -0.344 e. The summed E-state index contributed by atoms with van der Waals surface area (Å²) in [6.07, 6.45) is 6.41. The van der Waals surface area contributed by atoms with Crippen LogP contribution in [-0.2, 0) is 14.4 Å². The largest absolute Gasteiger partial charge is 0.344 e. The van der Waals surface area contributed by atoms with Crippen LogP contribution in [0.5, 0.6) is 0 Å². The summed E-state index contributed by atoms with van der Waals surface area (Å²) in [7, 11) is 0. The highest BCUT2D eigenvalue weighted by atomic mass is 16.5. The van der Waals surface area contributed by atoms with Gasteiger partial charge in [-0.2, -0.15) is 0 Å². The molecule has 1 aliphatic carbocycles. The molecule has 2 aliphatic rings. The number of carbonyl (C=O) groups is 4. The molecule has 2 atom stereocenters. The van der Waals surface area contributed by atoms with E-state index in [4.69, 9.17) is 0 Å². The fourth-order valence-corrected chi connectivity index (χ4v) is 5.51. The van der Waals surface area contributed by atoms with Crippen LogP contribution in [0.3, 0.4) is 0 Å². The van der Waals surface area contributed by atoms with E-state index in [1.54, 1.807) is 4.90 Å². The smallest absolute Gasteiger partial charge is 0.319 e. The zero-order valence-electron chi connectivity index (χ0n) is 23.7. The highest BCUT2D eigenvalue weighted by Crippen LogP contribution is 2.31. The van der Waals surface area contributed by atoms with E-state index < -0.39 is 17.4 Å². The van der Waals surface area contributed by atoms with Gasteiger partial charge < -0.3 is 20.9 Å². The van der Waals surface area contributed by atoms with E-state index in [1.807, 2.05) is 52.0 Å². The molecule has 1 saturated heterocycles. The van der Waals surface area contributed by atoms with E-state index >= 15 is 0 Å². The number of urea groups is 1. The number of nitrogens with one attached hydrogen (secondary N) is 3. The SMILES string of the molecule is Cc1ccc(NC(=O)NC2CCN(C(=O)[C@H](NC(=O)[C@@H](CC3CCCC3)CN(O)C=O)C(C)(C)C)CC2)cc1. The van der Waals surface area contributed by atoms with Crippen LogP contribution >= 0.6 is 0 Å². The second kappa shape index (κ2) is 13.8. The first-order valence-electron chi connectivity index (χ1n) is 14.1. The molecule has 5 amide bonds. The maximum Gasteiger partial charge on any atom is 0.319 e. The van der Waals surface area contributed by atoms with Gasteiger partial charge in [-0.05, 0) is 49.7 Å². The molecule has 10 nitrogen and oxygen atoms in total. The lowest BCUT2D eigenvalue weighted by Gasteiger charge is -2.39. The molecule has 3 rings (SSSR count). The van der Waals surface area contributed by atoms with Crippen LogP contribution in [0.4, 0.5) is 10.5 Å². The van der Waals surface area contributed by atoms with Gasteiger partial charge in [0.25, 0.3) is 0 Å². The topological polar surface area (TPSA) is 131 Å². The van der Waals surface area contributed by atoms with Crippen molar-refractivity contribution in [3.63, 3.8) is 0 Å². The van der Waals surface area contributed by atoms with E-state index in [0.717, 1.165) is 36.9 Å². The molecule has 1 aromatic rings. The number of amides is 5. The van der Waals surface area contributed by atoms with Crippen molar-refractivity contribution in [2.45, 2.75) is 84.7 Å². The molecule has 0 aromatic heterocycles. The van der Waals surface area contributed by atoms with Gasteiger partial charge in [0.15, 0.2) is 0 Å². The minimum atomic E-state index is -0.756. The summed E-state index contributed by atoms with van der Waals surface area (Å²) >= 11 is 0. The molecule has 10 heteroatoms. The number of hydrogen-bond donors (Lipinski definition) is 4. The average Bonchev–Trinajstić information content (AvgIpc) is 3.40. The second-order valence-corrected chi connectivity index (χ2v) is 12.2. The third kappa shape index (κ3) is 9.23.